The minimum Gasteiger partial charge on any atom is -0.486 e. The van der Waals surface area contributed by atoms with E-state index in [2.05, 4.69) is 10.0 Å². The molecule has 0 saturated carbocycles. The van der Waals surface area contributed by atoms with E-state index in [0.717, 1.165) is 11.1 Å². The van der Waals surface area contributed by atoms with E-state index in [-0.39, 0.29) is 12.6 Å². The molecule has 2 aromatic rings. The van der Waals surface area contributed by atoms with Gasteiger partial charge in [-0.3, -0.25) is 0 Å². The summed E-state index contributed by atoms with van der Waals surface area (Å²) >= 11 is 6.26. The summed E-state index contributed by atoms with van der Waals surface area (Å²) in [7, 11) is 0. The predicted octanol–water partition coefficient (Wildman–Crippen LogP) is 4.46. The third kappa shape index (κ3) is 2.75. The van der Waals surface area contributed by atoms with Crippen LogP contribution in [0.3, 0.4) is 0 Å². The predicted molar refractivity (Wildman–Crippen MR) is 80.8 cm³/mol. The van der Waals surface area contributed by atoms with E-state index in [0.29, 0.717) is 23.1 Å². The summed E-state index contributed by atoms with van der Waals surface area (Å²) in [6.07, 6.45) is -0.294. The van der Waals surface area contributed by atoms with Gasteiger partial charge < -0.3 is 9.47 Å². The number of halogens is 1. The molecule has 0 spiro atoms. The molecular formula is C15H12ClN3O2. The highest BCUT2D eigenvalue weighted by molar-refractivity contribution is 6.33. The zero-order valence-corrected chi connectivity index (χ0v) is 11.8. The van der Waals surface area contributed by atoms with Crippen LogP contribution < -0.4 is 9.47 Å². The smallest absolute Gasteiger partial charge is 0.169 e. The SMILES string of the molecule is [N-]=[N+]=NCC1COc2cccc(-c3ccccc3Cl)c2O1. The lowest BCUT2D eigenvalue weighted by atomic mass is 10.0. The van der Waals surface area contributed by atoms with Gasteiger partial charge in [0.25, 0.3) is 0 Å². The molecule has 1 unspecified atom stereocenters. The summed E-state index contributed by atoms with van der Waals surface area (Å²) in [6, 6.07) is 13.2. The van der Waals surface area contributed by atoms with Gasteiger partial charge in [-0.05, 0) is 17.7 Å². The highest BCUT2D eigenvalue weighted by Crippen LogP contribution is 2.42. The lowest BCUT2D eigenvalue weighted by molar-refractivity contribution is 0.0977. The standard InChI is InChI=1S/C15H12ClN3O2/c16-13-6-2-1-4-11(13)12-5-3-7-14-15(12)21-10(9-20-14)8-18-19-17/h1-7,10H,8-9H2. The molecule has 21 heavy (non-hydrogen) atoms. The van der Waals surface area contributed by atoms with Gasteiger partial charge in [0, 0.05) is 21.1 Å². The molecule has 0 bridgehead atoms. The molecule has 0 amide bonds. The fourth-order valence-corrected chi connectivity index (χ4v) is 2.48. The van der Waals surface area contributed by atoms with Gasteiger partial charge in [-0.25, -0.2) is 0 Å². The number of hydrogen-bond acceptors (Lipinski definition) is 3. The summed E-state index contributed by atoms with van der Waals surface area (Å²) in [5.41, 5.74) is 10.1. The summed E-state index contributed by atoms with van der Waals surface area (Å²) in [5, 5.41) is 4.18. The first kappa shape index (κ1) is 13.6. The van der Waals surface area contributed by atoms with Gasteiger partial charge in [0.15, 0.2) is 11.5 Å². The van der Waals surface area contributed by atoms with Crippen molar-refractivity contribution in [2.24, 2.45) is 5.11 Å². The zero-order chi connectivity index (χ0) is 14.7. The summed E-state index contributed by atoms with van der Waals surface area (Å²) < 4.78 is 11.6. The number of rotatable bonds is 3. The Morgan fingerprint density at radius 3 is 2.81 bits per heavy atom. The van der Waals surface area contributed by atoms with E-state index >= 15 is 0 Å². The second-order valence-corrected chi connectivity index (χ2v) is 4.98. The molecule has 0 aromatic heterocycles. The Hall–Kier alpha value is -2.36. The lowest BCUT2D eigenvalue weighted by Crippen LogP contribution is -2.31. The molecule has 0 radical (unpaired) electrons. The molecule has 1 aliphatic rings. The van der Waals surface area contributed by atoms with Crippen molar-refractivity contribution in [2.45, 2.75) is 6.10 Å². The first-order valence-corrected chi connectivity index (χ1v) is 6.85. The largest absolute Gasteiger partial charge is 0.486 e. The molecule has 106 valence electrons. The molecular weight excluding hydrogens is 290 g/mol. The van der Waals surface area contributed by atoms with Crippen LogP contribution in [0.1, 0.15) is 0 Å². The Balaban J connectivity index is 2.01. The van der Waals surface area contributed by atoms with Crippen LogP contribution in [0.4, 0.5) is 0 Å². The zero-order valence-electron chi connectivity index (χ0n) is 11.1. The van der Waals surface area contributed by atoms with Crippen LogP contribution in [-0.4, -0.2) is 19.3 Å². The average Bonchev–Trinajstić information content (AvgIpc) is 2.53. The number of para-hydroxylation sites is 1. The maximum atomic E-state index is 8.41. The molecule has 6 heteroatoms. The van der Waals surface area contributed by atoms with Gasteiger partial charge in [0.2, 0.25) is 0 Å². The first-order valence-electron chi connectivity index (χ1n) is 6.48. The molecule has 1 heterocycles. The van der Waals surface area contributed by atoms with E-state index in [1.165, 1.54) is 0 Å². The van der Waals surface area contributed by atoms with Gasteiger partial charge in [-0.2, -0.15) is 0 Å². The van der Waals surface area contributed by atoms with Crippen LogP contribution in [0, 0.1) is 0 Å². The molecule has 0 N–H and O–H groups in total. The molecule has 3 rings (SSSR count). The van der Waals surface area contributed by atoms with Gasteiger partial charge in [-0.15, -0.1) is 0 Å². The van der Waals surface area contributed by atoms with E-state index in [9.17, 15) is 0 Å². The van der Waals surface area contributed by atoms with Crippen LogP contribution in [0.2, 0.25) is 5.02 Å². The topological polar surface area (TPSA) is 67.2 Å². The Morgan fingerprint density at radius 2 is 2.00 bits per heavy atom. The third-order valence-electron chi connectivity index (χ3n) is 3.20. The second kappa shape index (κ2) is 5.95. The molecule has 2 aromatic carbocycles. The maximum Gasteiger partial charge on any atom is 0.169 e. The van der Waals surface area contributed by atoms with Gasteiger partial charge in [-0.1, -0.05) is 47.0 Å². The van der Waals surface area contributed by atoms with E-state index in [1.807, 2.05) is 42.5 Å². The van der Waals surface area contributed by atoms with Crippen molar-refractivity contribution in [1.29, 1.82) is 0 Å². The van der Waals surface area contributed by atoms with E-state index in [4.69, 9.17) is 26.6 Å². The summed E-state index contributed by atoms with van der Waals surface area (Å²) in [5.74, 6) is 1.31. The van der Waals surface area contributed by atoms with Crippen LogP contribution in [0.5, 0.6) is 11.5 Å². The Morgan fingerprint density at radius 1 is 1.19 bits per heavy atom. The van der Waals surface area contributed by atoms with Crippen molar-refractivity contribution >= 4 is 11.6 Å². The molecule has 1 aliphatic heterocycles. The number of hydrogen-bond donors (Lipinski definition) is 0. The third-order valence-corrected chi connectivity index (χ3v) is 3.53. The second-order valence-electron chi connectivity index (χ2n) is 4.58. The molecule has 0 fully saturated rings. The Labute approximate surface area is 126 Å². The van der Waals surface area contributed by atoms with Crippen molar-refractivity contribution in [3.63, 3.8) is 0 Å². The van der Waals surface area contributed by atoms with Crippen molar-refractivity contribution in [3.8, 4) is 22.6 Å². The number of ether oxygens (including phenoxy) is 2. The van der Waals surface area contributed by atoms with Gasteiger partial charge in [0.05, 0.1) is 6.54 Å². The van der Waals surface area contributed by atoms with Crippen LogP contribution in [0.15, 0.2) is 47.6 Å². The normalized spacial score (nSPS) is 16.1. The Kier molecular flexibility index (Phi) is 3.86. The van der Waals surface area contributed by atoms with Crippen molar-refractivity contribution in [2.75, 3.05) is 13.2 Å². The monoisotopic (exact) mass is 301 g/mol. The molecule has 0 aliphatic carbocycles. The fraction of sp³-hybridized carbons (Fsp3) is 0.200. The van der Waals surface area contributed by atoms with Crippen LogP contribution in [0.25, 0.3) is 21.6 Å². The molecule has 0 saturated heterocycles. The summed E-state index contributed by atoms with van der Waals surface area (Å²) in [4.78, 5) is 2.75. The number of benzene rings is 2. The van der Waals surface area contributed by atoms with Crippen molar-refractivity contribution in [3.05, 3.63) is 57.9 Å². The number of nitrogens with zero attached hydrogens (tertiary/aromatic N) is 3. The first-order chi connectivity index (χ1) is 10.3. The van der Waals surface area contributed by atoms with E-state index < -0.39 is 0 Å². The molecule has 1 atom stereocenters. The van der Waals surface area contributed by atoms with Crippen molar-refractivity contribution < 1.29 is 9.47 Å². The average molecular weight is 302 g/mol. The minimum absolute atomic E-state index is 0.229. The van der Waals surface area contributed by atoms with Crippen molar-refractivity contribution in [1.82, 2.24) is 0 Å². The minimum atomic E-state index is -0.294. The van der Waals surface area contributed by atoms with Gasteiger partial charge in [0.1, 0.15) is 12.7 Å². The summed E-state index contributed by atoms with van der Waals surface area (Å²) in [6.45, 7) is 0.588. The molecule has 5 nitrogen and oxygen atoms in total. The van der Waals surface area contributed by atoms with Gasteiger partial charge >= 0.3 is 0 Å². The van der Waals surface area contributed by atoms with Crippen LogP contribution >= 0.6 is 11.6 Å². The Bertz CT molecular complexity index is 714. The number of azide groups is 1. The highest BCUT2D eigenvalue weighted by Gasteiger charge is 2.24. The van der Waals surface area contributed by atoms with E-state index in [1.54, 1.807) is 0 Å². The quantitative estimate of drug-likeness (QED) is 0.477. The lowest BCUT2D eigenvalue weighted by Gasteiger charge is -2.27. The van der Waals surface area contributed by atoms with Crippen LogP contribution in [-0.2, 0) is 0 Å². The fourth-order valence-electron chi connectivity index (χ4n) is 2.24. The highest BCUT2D eigenvalue weighted by atomic mass is 35.5. The number of fused-ring (bicyclic) bond motifs is 1. The maximum absolute atomic E-state index is 8.41.